The molecule has 0 spiro atoms. The van der Waals surface area contributed by atoms with Crippen molar-refractivity contribution in [2.24, 2.45) is 0 Å². The van der Waals surface area contributed by atoms with Crippen LogP contribution in [0.2, 0.25) is 5.15 Å². The van der Waals surface area contributed by atoms with Crippen LogP contribution in [0.15, 0.2) is 41.0 Å². The fraction of sp³-hybridized carbons (Fsp3) is 0.154. The number of hydrogen-bond acceptors (Lipinski definition) is 3. The summed E-state index contributed by atoms with van der Waals surface area (Å²) in [5.74, 6) is 0.852. The van der Waals surface area contributed by atoms with Crippen LogP contribution in [0.1, 0.15) is 5.56 Å². The van der Waals surface area contributed by atoms with E-state index in [0.717, 1.165) is 21.5 Å². The predicted octanol–water partition coefficient (Wildman–Crippen LogP) is 4.12. The molecule has 1 aromatic heterocycles. The molecule has 1 N–H and O–H groups in total. The van der Waals surface area contributed by atoms with E-state index in [0.29, 0.717) is 11.7 Å². The molecule has 0 atom stereocenters. The first-order valence-corrected chi connectivity index (χ1v) is 6.54. The highest BCUT2D eigenvalue weighted by atomic mass is 79.9. The summed E-state index contributed by atoms with van der Waals surface area (Å²) in [7, 11) is 1.66. The Bertz CT molecular complexity index is 548. The van der Waals surface area contributed by atoms with Crippen LogP contribution in [0.5, 0.6) is 5.75 Å². The number of rotatable bonds is 4. The average Bonchev–Trinajstić information content (AvgIpc) is 2.40. The first-order chi connectivity index (χ1) is 8.69. The summed E-state index contributed by atoms with van der Waals surface area (Å²) in [6, 6.07) is 9.81. The van der Waals surface area contributed by atoms with Gasteiger partial charge in [-0.3, -0.25) is 0 Å². The van der Waals surface area contributed by atoms with Gasteiger partial charge in [0.1, 0.15) is 10.9 Å². The number of ether oxygens (including phenoxy) is 1. The molecule has 0 saturated heterocycles. The van der Waals surface area contributed by atoms with E-state index in [1.165, 1.54) is 0 Å². The third kappa shape index (κ3) is 3.37. The number of benzene rings is 1. The maximum atomic E-state index is 5.84. The molecule has 18 heavy (non-hydrogen) atoms. The van der Waals surface area contributed by atoms with Crippen LogP contribution in [0.3, 0.4) is 0 Å². The first-order valence-electron chi connectivity index (χ1n) is 5.37. The van der Waals surface area contributed by atoms with Gasteiger partial charge in [0.05, 0.1) is 23.5 Å². The second kappa shape index (κ2) is 6.07. The van der Waals surface area contributed by atoms with Gasteiger partial charge in [-0.1, -0.05) is 23.7 Å². The number of methoxy groups -OCH3 is 1. The molecule has 5 heteroatoms. The largest absolute Gasteiger partial charge is 0.497 e. The summed E-state index contributed by atoms with van der Waals surface area (Å²) >= 11 is 9.18. The van der Waals surface area contributed by atoms with Crippen molar-refractivity contribution < 1.29 is 4.74 Å². The molecule has 0 saturated carbocycles. The quantitative estimate of drug-likeness (QED) is 0.858. The molecule has 2 aromatic rings. The molecule has 0 aliphatic carbocycles. The van der Waals surface area contributed by atoms with Crippen molar-refractivity contribution in [3.05, 3.63) is 51.7 Å². The van der Waals surface area contributed by atoms with E-state index < -0.39 is 0 Å². The maximum absolute atomic E-state index is 5.84. The highest BCUT2D eigenvalue weighted by Crippen LogP contribution is 2.23. The Hall–Kier alpha value is -1.26. The summed E-state index contributed by atoms with van der Waals surface area (Å²) in [5.41, 5.74) is 2.05. The van der Waals surface area contributed by atoms with Gasteiger partial charge in [-0.05, 0) is 39.7 Å². The molecule has 2 rings (SSSR count). The second-order valence-electron chi connectivity index (χ2n) is 3.70. The van der Waals surface area contributed by atoms with Crippen LogP contribution < -0.4 is 10.1 Å². The number of aromatic nitrogens is 1. The van der Waals surface area contributed by atoms with Crippen molar-refractivity contribution >= 4 is 33.2 Å². The van der Waals surface area contributed by atoms with Crippen LogP contribution in [0.4, 0.5) is 5.69 Å². The van der Waals surface area contributed by atoms with E-state index in [2.05, 4.69) is 26.2 Å². The maximum Gasteiger partial charge on any atom is 0.143 e. The van der Waals surface area contributed by atoms with Crippen LogP contribution in [-0.2, 0) is 6.54 Å². The molecule has 1 heterocycles. The number of anilines is 1. The van der Waals surface area contributed by atoms with Gasteiger partial charge in [-0.25, -0.2) is 4.98 Å². The molecule has 0 bridgehead atoms. The van der Waals surface area contributed by atoms with Gasteiger partial charge in [0.15, 0.2) is 0 Å². The molecule has 3 nitrogen and oxygen atoms in total. The zero-order valence-electron chi connectivity index (χ0n) is 9.78. The molecule has 0 fully saturated rings. The molecular formula is C13H12BrClN2O. The number of hydrogen-bond donors (Lipinski definition) is 1. The third-order valence-electron chi connectivity index (χ3n) is 2.43. The standard InChI is InChI=1S/C13H12BrClN2O/c1-18-11-4-2-3-9(5-11)7-16-10-6-12(14)13(15)17-8-10/h2-6,8,16H,7H2,1H3. The molecule has 94 valence electrons. The highest BCUT2D eigenvalue weighted by Gasteiger charge is 2.01. The van der Waals surface area contributed by atoms with Crippen LogP contribution in [0.25, 0.3) is 0 Å². The first kappa shape index (κ1) is 13.2. The monoisotopic (exact) mass is 326 g/mol. The molecule has 0 aliphatic rings. The summed E-state index contributed by atoms with van der Waals surface area (Å²) in [4.78, 5) is 4.06. The Morgan fingerprint density at radius 2 is 2.22 bits per heavy atom. The Morgan fingerprint density at radius 3 is 2.94 bits per heavy atom. The van der Waals surface area contributed by atoms with Gasteiger partial charge < -0.3 is 10.1 Å². The minimum absolute atomic E-state index is 0.460. The van der Waals surface area contributed by atoms with E-state index in [9.17, 15) is 0 Å². The van der Waals surface area contributed by atoms with Crippen molar-refractivity contribution in [3.63, 3.8) is 0 Å². The van der Waals surface area contributed by atoms with E-state index in [1.807, 2.05) is 30.3 Å². The molecule has 0 unspecified atom stereocenters. The zero-order chi connectivity index (χ0) is 13.0. The van der Waals surface area contributed by atoms with E-state index >= 15 is 0 Å². The van der Waals surface area contributed by atoms with Crippen molar-refractivity contribution in [3.8, 4) is 5.75 Å². The van der Waals surface area contributed by atoms with Gasteiger partial charge >= 0.3 is 0 Å². The number of halogens is 2. The average molecular weight is 328 g/mol. The summed E-state index contributed by atoms with van der Waals surface area (Å²) in [5, 5.41) is 3.73. The highest BCUT2D eigenvalue weighted by molar-refractivity contribution is 9.10. The molecular weight excluding hydrogens is 316 g/mol. The fourth-order valence-electron chi connectivity index (χ4n) is 1.50. The minimum Gasteiger partial charge on any atom is -0.497 e. The molecule has 0 radical (unpaired) electrons. The van der Waals surface area contributed by atoms with Gasteiger partial charge in [0.2, 0.25) is 0 Å². The molecule has 0 amide bonds. The van der Waals surface area contributed by atoms with Gasteiger partial charge in [0, 0.05) is 6.54 Å². The third-order valence-corrected chi connectivity index (χ3v) is 3.56. The van der Waals surface area contributed by atoms with Crippen molar-refractivity contribution in [2.75, 3.05) is 12.4 Å². The van der Waals surface area contributed by atoms with Crippen LogP contribution in [-0.4, -0.2) is 12.1 Å². The van der Waals surface area contributed by atoms with Gasteiger partial charge in [-0.15, -0.1) is 0 Å². The summed E-state index contributed by atoms with van der Waals surface area (Å²) in [6.07, 6.45) is 1.70. The smallest absolute Gasteiger partial charge is 0.143 e. The Labute approximate surface area is 119 Å². The van der Waals surface area contributed by atoms with Crippen molar-refractivity contribution in [1.29, 1.82) is 0 Å². The minimum atomic E-state index is 0.460. The lowest BCUT2D eigenvalue weighted by Crippen LogP contribution is -2.00. The second-order valence-corrected chi connectivity index (χ2v) is 4.91. The topological polar surface area (TPSA) is 34.1 Å². The molecule has 0 aliphatic heterocycles. The van der Waals surface area contributed by atoms with Crippen LogP contribution >= 0.6 is 27.5 Å². The number of nitrogens with one attached hydrogen (secondary N) is 1. The number of pyridine rings is 1. The SMILES string of the molecule is COc1cccc(CNc2cnc(Cl)c(Br)c2)c1. The van der Waals surface area contributed by atoms with Crippen molar-refractivity contribution in [1.82, 2.24) is 4.98 Å². The van der Waals surface area contributed by atoms with E-state index in [-0.39, 0.29) is 0 Å². The lowest BCUT2D eigenvalue weighted by atomic mass is 10.2. The summed E-state index contributed by atoms with van der Waals surface area (Å²) in [6.45, 7) is 0.701. The fourth-order valence-corrected chi connectivity index (χ4v) is 1.96. The van der Waals surface area contributed by atoms with Gasteiger partial charge in [-0.2, -0.15) is 0 Å². The van der Waals surface area contributed by atoms with Crippen molar-refractivity contribution in [2.45, 2.75) is 6.54 Å². The van der Waals surface area contributed by atoms with Gasteiger partial charge in [0.25, 0.3) is 0 Å². The normalized spacial score (nSPS) is 10.2. The molecule has 1 aromatic carbocycles. The Balaban J connectivity index is 2.04. The van der Waals surface area contributed by atoms with E-state index in [1.54, 1.807) is 13.3 Å². The summed E-state index contributed by atoms with van der Waals surface area (Å²) < 4.78 is 5.95. The van der Waals surface area contributed by atoms with Crippen LogP contribution in [0, 0.1) is 0 Å². The lowest BCUT2D eigenvalue weighted by Gasteiger charge is -2.08. The number of nitrogens with zero attached hydrogens (tertiary/aromatic N) is 1. The Morgan fingerprint density at radius 1 is 1.39 bits per heavy atom. The predicted molar refractivity (Wildman–Crippen MR) is 77.3 cm³/mol. The lowest BCUT2D eigenvalue weighted by molar-refractivity contribution is 0.414. The zero-order valence-corrected chi connectivity index (χ0v) is 12.1. The van der Waals surface area contributed by atoms with E-state index in [4.69, 9.17) is 16.3 Å². The Kier molecular flexibility index (Phi) is 4.44.